The van der Waals surface area contributed by atoms with E-state index >= 15 is 0 Å². The average molecular weight is 282 g/mol. The van der Waals surface area contributed by atoms with Crippen LogP contribution < -0.4 is 10.5 Å². The lowest BCUT2D eigenvalue weighted by molar-refractivity contribution is 0.448. The number of unbranched alkanes of at least 4 members (excludes halogenated alkanes) is 1. The fourth-order valence-electron chi connectivity index (χ4n) is 1.28. The van der Waals surface area contributed by atoms with Gasteiger partial charge in [0.05, 0.1) is 11.4 Å². The smallest absolute Gasteiger partial charge is 0.232 e. The molecule has 0 aliphatic rings. The summed E-state index contributed by atoms with van der Waals surface area (Å²) in [5, 5.41) is 0. The zero-order valence-corrected chi connectivity index (χ0v) is 10.2. The molecule has 0 heterocycles. The van der Waals surface area contributed by atoms with Gasteiger partial charge in [-0.1, -0.05) is 0 Å². The summed E-state index contributed by atoms with van der Waals surface area (Å²) in [7, 11) is -3.71. The van der Waals surface area contributed by atoms with Crippen molar-refractivity contribution in [1.82, 2.24) is 0 Å². The molecule has 8 heteroatoms. The number of rotatable bonds is 6. The summed E-state index contributed by atoms with van der Waals surface area (Å²) in [6, 6.07) is 1.16. The summed E-state index contributed by atoms with van der Waals surface area (Å²) >= 11 is 0. The van der Waals surface area contributed by atoms with Crippen LogP contribution in [0.5, 0.6) is 0 Å². The molecule has 0 aliphatic carbocycles. The number of halogens is 3. The molecule has 0 amide bonds. The van der Waals surface area contributed by atoms with Crippen molar-refractivity contribution in [2.24, 2.45) is 5.73 Å². The topological polar surface area (TPSA) is 72.2 Å². The second-order valence-corrected chi connectivity index (χ2v) is 5.51. The molecule has 1 aromatic rings. The number of anilines is 1. The lowest BCUT2D eigenvalue weighted by atomic mass is 10.3. The van der Waals surface area contributed by atoms with Gasteiger partial charge in [-0.25, -0.2) is 21.6 Å². The summed E-state index contributed by atoms with van der Waals surface area (Å²) in [4.78, 5) is 0. The monoisotopic (exact) mass is 282 g/mol. The lowest BCUT2D eigenvalue weighted by Crippen LogP contribution is -2.18. The Morgan fingerprint density at radius 2 is 1.67 bits per heavy atom. The molecule has 0 aliphatic heterocycles. The van der Waals surface area contributed by atoms with Gasteiger partial charge < -0.3 is 5.73 Å². The van der Waals surface area contributed by atoms with Crippen LogP contribution in [0.1, 0.15) is 12.8 Å². The van der Waals surface area contributed by atoms with Gasteiger partial charge in [-0.15, -0.1) is 0 Å². The van der Waals surface area contributed by atoms with Crippen LogP contribution in [0.2, 0.25) is 0 Å². The van der Waals surface area contributed by atoms with Crippen molar-refractivity contribution >= 4 is 15.7 Å². The van der Waals surface area contributed by atoms with Crippen molar-refractivity contribution in [1.29, 1.82) is 0 Å². The summed E-state index contributed by atoms with van der Waals surface area (Å²) < 4.78 is 63.3. The van der Waals surface area contributed by atoms with Crippen LogP contribution in [0, 0.1) is 17.5 Å². The molecule has 0 spiro atoms. The SMILES string of the molecule is NCCCCS(=O)(=O)Nc1cc(F)c(F)c(F)c1. The zero-order valence-electron chi connectivity index (χ0n) is 9.42. The van der Waals surface area contributed by atoms with E-state index in [1.54, 1.807) is 0 Å². The molecule has 0 saturated heterocycles. The highest BCUT2D eigenvalue weighted by Crippen LogP contribution is 2.18. The van der Waals surface area contributed by atoms with Gasteiger partial charge >= 0.3 is 0 Å². The number of nitrogens with two attached hydrogens (primary N) is 1. The fourth-order valence-corrected chi connectivity index (χ4v) is 2.44. The molecule has 4 nitrogen and oxygen atoms in total. The van der Waals surface area contributed by atoms with E-state index in [2.05, 4.69) is 0 Å². The van der Waals surface area contributed by atoms with E-state index in [9.17, 15) is 21.6 Å². The largest absolute Gasteiger partial charge is 0.330 e. The highest BCUT2D eigenvalue weighted by atomic mass is 32.2. The van der Waals surface area contributed by atoms with Gasteiger partial charge in [-0.3, -0.25) is 4.72 Å². The van der Waals surface area contributed by atoms with Crippen LogP contribution in [0.3, 0.4) is 0 Å². The molecular formula is C10H13F3N2O2S. The normalized spacial score (nSPS) is 11.6. The van der Waals surface area contributed by atoms with E-state index in [-0.39, 0.29) is 11.4 Å². The van der Waals surface area contributed by atoms with Crippen molar-refractivity contribution in [2.45, 2.75) is 12.8 Å². The molecule has 102 valence electrons. The van der Waals surface area contributed by atoms with Gasteiger partial charge in [-0.2, -0.15) is 0 Å². The first kappa shape index (κ1) is 14.8. The minimum absolute atomic E-state index is 0.217. The highest BCUT2D eigenvalue weighted by molar-refractivity contribution is 7.92. The van der Waals surface area contributed by atoms with Gasteiger partial charge in [0.2, 0.25) is 10.0 Å². The first-order valence-electron chi connectivity index (χ1n) is 5.21. The maximum Gasteiger partial charge on any atom is 0.232 e. The van der Waals surface area contributed by atoms with Crippen molar-refractivity contribution in [3.05, 3.63) is 29.6 Å². The van der Waals surface area contributed by atoms with Crippen molar-refractivity contribution in [3.8, 4) is 0 Å². The Hall–Kier alpha value is -1.28. The lowest BCUT2D eigenvalue weighted by Gasteiger charge is -2.08. The van der Waals surface area contributed by atoms with Crippen LogP contribution in [0.25, 0.3) is 0 Å². The van der Waals surface area contributed by atoms with Gasteiger partial charge in [-0.05, 0) is 19.4 Å². The molecule has 0 bridgehead atoms. The standard InChI is InChI=1S/C10H13F3N2O2S/c11-8-5-7(6-9(12)10(8)13)15-18(16,17)4-2-1-3-14/h5-6,15H,1-4,14H2. The predicted molar refractivity (Wildman–Crippen MR) is 62.0 cm³/mol. The van der Waals surface area contributed by atoms with Gasteiger partial charge in [0, 0.05) is 12.1 Å². The maximum absolute atomic E-state index is 12.9. The number of hydrogen-bond donors (Lipinski definition) is 2. The van der Waals surface area contributed by atoms with E-state index in [0.717, 1.165) is 0 Å². The molecule has 3 N–H and O–H groups in total. The van der Waals surface area contributed by atoms with Crippen LogP contribution in [-0.2, 0) is 10.0 Å². The van der Waals surface area contributed by atoms with Crippen molar-refractivity contribution < 1.29 is 21.6 Å². The Labute approximate surface area is 103 Å². The Balaban J connectivity index is 2.78. The first-order chi connectivity index (χ1) is 8.35. The number of benzene rings is 1. The van der Waals surface area contributed by atoms with Gasteiger partial charge in [0.25, 0.3) is 0 Å². The number of sulfonamides is 1. The van der Waals surface area contributed by atoms with Crippen molar-refractivity contribution in [2.75, 3.05) is 17.0 Å². The molecule has 0 radical (unpaired) electrons. The van der Waals surface area contributed by atoms with Gasteiger partial charge in [0.1, 0.15) is 0 Å². The van der Waals surface area contributed by atoms with E-state index in [0.29, 0.717) is 31.5 Å². The minimum Gasteiger partial charge on any atom is -0.330 e. The Morgan fingerprint density at radius 1 is 1.11 bits per heavy atom. The molecule has 0 aromatic heterocycles. The molecule has 1 aromatic carbocycles. The molecule has 0 atom stereocenters. The third kappa shape index (κ3) is 4.19. The molecule has 18 heavy (non-hydrogen) atoms. The van der Waals surface area contributed by atoms with E-state index < -0.39 is 27.5 Å². The summed E-state index contributed by atoms with van der Waals surface area (Å²) in [5.74, 6) is -4.75. The Morgan fingerprint density at radius 3 is 2.17 bits per heavy atom. The molecular weight excluding hydrogens is 269 g/mol. The molecule has 1 rings (SSSR count). The third-order valence-corrected chi connectivity index (χ3v) is 3.50. The minimum atomic E-state index is -3.71. The summed E-state index contributed by atoms with van der Waals surface area (Å²) in [6.07, 6.45) is 0.852. The number of nitrogens with one attached hydrogen (secondary N) is 1. The maximum atomic E-state index is 12.9. The number of hydrogen-bond acceptors (Lipinski definition) is 3. The average Bonchev–Trinajstić information content (AvgIpc) is 2.25. The molecule has 0 fully saturated rings. The Kier molecular flexibility index (Phi) is 4.97. The molecule has 0 unspecified atom stereocenters. The van der Waals surface area contributed by atoms with Crippen LogP contribution in [-0.4, -0.2) is 20.7 Å². The Bertz CT molecular complexity index is 497. The van der Waals surface area contributed by atoms with Gasteiger partial charge in [0.15, 0.2) is 17.5 Å². The third-order valence-electron chi connectivity index (χ3n) is 2.12. The molecule has 0 saturated carbocycles. The van der Waals surface area contributed by atoms with Crippen molar-refractivity contribution in [3.63, 3.8) is 0 Å². The predicted octanol–water partition coefficient (Wildman–Crippen LogP) is 1.58. The quantitative estimate of drug-likeness (QED) is 0.614. The van der Waals surface area contributed by atoms with Crippen LogP contribution in [0.4, 0.5) is 18.9 Å². The first-order valence-corrected chi connectivity index (χ1v) is 6.86. The fraction of sp³-hybridized carbons (Fsp3) is 0.400. The summed E-state index contributed by atoms with van der Waals surface area (Å²) in [6.45, 7) is 0.356. The van der Waals surface area contributed by atoms with Crippen LogP contribution in [0.15, 0.2) is 12.1 Å². The van der Waals surface area contributed by atoms with E-state index in [4.69, 9.17) is 5.73 Å². The van der Waals surface area contributed by atoms with E-state index in [1.807, 2.05) is 4.72 Å². The second kappa shape index (κ2) is 6.05. The zero-order chi connectivity index (χ0) is 13.8. The van der Waals surface area contributed by atoms with Crippen LogP contribution >= 0.6 is 0 Å². The second-order valence-electron chi connectivity index (χ2n) is 3.67. The van der Waals surface area contributed by atoms with E-state index in [1.165, 1.54) is 0 Å². The summed E-state index contributed by atoms with van der Waals surface area (Å²) in [5.41, 5.74) is 4.86. The highest BCUT2D eigenvalue weighted by Gasteiger charge is 2.15.